The summed E-state index contributed by atoms with van der Waals surface area (Å²) in [5.74, 6) is 0.459. The second-order valence-corrected chi connectivity index (χ2v) is 9.34. The average Bonchev–Trinajstić information content (AvgIpc) is 3.04. The molecule has 152 valence electrons. The van der Waals surface area contributed by atoms with Crippen molar-refractivity contribution in [1.29, 1.82) is 0 Å². The Kier molecular flexibility index (Phi) is 5.38. The van der Waals surface area contributed by atoms with Crippen LogP contribution >= 0.6 is 0 Å². The molecule has 1 aromatic heterocycles. The zero-order chi connectivity index (χ0) is 20.4. The molecule has 8 heteroatoms. The van der Waals surface area contributed by atoms with Crippen LogP contribution < -0.4 is 5.69 Å². The molecule has 1 unspecified atom stereocenters. The van der Waals surface area contributed by atoms with E-state index in [1.54, 1.807) is 15.9 Å². The maximum absolute atomic E-state index is 13.0. The second-order valence-electron chi connectivity index (χ2n) is 7.37. The molecule has 7 nitrogen and oxygen atoms in total. The van der Waals surface area contributed by atoms with E-state index in [4.69, 9.17) is 0 Å². The van der Waals surface area contributed by atoms with Crippen LogP contribution in [0.3, 0.4) is 0 Å². The third-order valence-corrected chi connectivity index (χ3v) is 7.12. The van der Waals surface area contributed by atoms with E-state index in [1.165, 1.54) is 4.68 Å². The summed E-state index contributed by atoms with van der Waals surface area (Å²) in [6.45, 7) is 0.826. The van der Waals surface area contributed by atoms with Crippen molar-refractivity contribution < 1.29 is 8.42 Å². The highest BCUT2D eigenvalue weighted by atomic mass is 32.2. The standard InChI is InChI=1S/C21H24N4O3S/c1-23-21(26)25(19-12-6-3-7-13-19)20(22-23)18-11-8-14-24(15-18)29(27,28)16-17-9-4-2-5-10-17/h2-7,9-10,12-13,18H,8,11,14-16H2,1H3. The van der Waals surface area contributed by atoms with Gasteiger partial charge in [-0.15, -0.1) is 0 Å². The van der Waals surface area contributed by atoms with Gasteiger partial charge >= 0.3 is 5.69 Å². The summed E-state index contributed by atoms with van der Waals surface area (Å²) in [5.41, 5.74) is 1.29. The minimum absolute atomic E-state index is 0.0196. The van der Waals surface area contributed by atoms with Gasteiger partial charge in [0.1, 0.15) is 5.82 Å². The lowest BCUT2D eigenvalue weighted by Gasteiger charge is -2.31. The minimum atomic E-state index is -3.45. The summed E-state index contributed by atoms with van der Waals surface area (Å²) in [7, 11) is -1.82. The van der Waals surface area contributed by atoms with Crippen LogP contribution in [0.5, 0.6) is 0 Å². The number of hydrogen-bond acceptors (Lipinski definition) is 4. The van der Waals surface area contributed by atoms with E-state index in [-0.39, 0.29) is 17.4 Å². The SMILES string of the molecule is Cn1nc(C2CCCN(S(=O)(=O)Cc3ccccc3)C2)n(-c2ccccc2)c1=O. The molecule has 4 rings (SSSR count). The molecule has 1 aliphatic rings. The fraction of sp³-hybridized carbons (Fsp3) is 0.333. The quantitative estimate of drug-likeness (QED) is 0.644. The Morgan fingerprint density at radius 3 is 2.38 bits per heavy atom. The van der Waals surface area contributed by atoms with Crippen molar-refractivity contribution in [2.24, 2.45) is 7.05 Å². The molecule has 3 aromatic rings. The molecule has 1 saturated heterocycles. The molecule has 1 aliphatic heterocycles. The molecule has 1 fully saturated rings. The van der Waals surface area contributed by atoms with Crippen molar-refractivity contribution in [1.82, 2.24) is 18.7 Å². The number of piperidine rings is 1. The molecule has 0 radical (unpaired) electrons. The summed E-state index contributed by atoms with van der Waals surface area (Å²) < 4.78 is 30.4. The van der Waals surface area contributed by atoms with E-state index >= 15 is 0 Å². The van der Waals surface area contributed by atoms with Crippen LogP contribution in [0.1, 0.15) is 30.1 Å². The lowest BCUT2D eigenvalue weighted by Crippen LogP contribution is -2.40. The first-order valence-corrected chi connectivity index (χ1v) is 11.3. The Hall–Kier alpha value is -2.71. The molecule has 0 aliphatic carbocycles. The van der Waals surface area contributed by atoms with Crippen LogP contribution in [0.4, 0.5) is 0 Å². The largest absolute Gasteiger partial charge is 0.350 e. The van der Waals surface area contributed by atoms with Crippen molar-refractivity contribution in [2.75, 3.05) is 13.1 Å². The van der Waals surface area contributed by atoms with E-state index in [0.29, 0.717) is 18.9 Å². The minimum Gasteiger partial charge on any atom is -0.247 e. The van der Waals surface area contributed by atoms with Gasteiger partial charge in [0.2, 0.25) is 10.0 Å². The monoisotopic (exact) mass is 412 g/mol. The number of aryl methyl sites for hydroxylation is 1. The van der Waals surface area contributed by atoms with Gasteiger partial charge in [-0.05, 0) is 30.5 Å². The van der Waals surface area contributed by atoms with E-state index in [0.717, 1.165) is 24.1 Å². The fourth-order valence-corrected chi connectivity index (χ4v) is 5.46. The van der Waals surface area contributed by atoms with E-state index in [2.05, 4.69) is 5.10 Å². The number of nitrogens with zero attached hydrogens (tertiary/aromatic N) is 4. The average molecular weight is 413 g/mol. The van der Waals surface area contributed by atoms with Gasteiger partial charge in [0, 0.05) is 26.1 Å². The lowest BCUT2D eigenvalue weighted by atomic mass is 9.98. The van der Waals surface area contributed by atoms with Gasteiger partial charge in [0.25, 0.3) is 0 Å². The molecule has 0 amide bonds. The molecular weight excluding hydrogens is 388 g/mol. The summed E-state index contributed by atoms with van der Waals surface area (Å²) in [4.78, 5) is 12.7. The molecule has 0 bridgehead atoms. The summed E-state index contributed by atoms with van der Waals surface area (Å²) in [5, 5.41) is 4.46. The van der Waals surface area contributed by atoms with Gasteiger partial charge in [0.05, 0.1) is 11.4 Å². The second kappa shape index (κ2) is 7.96. The van der Waals surface area contributed by atoms with Crippen molar-refractivity contribution >= 4 is 10.0 Å². The number of para-hydroxylation sites is 1. The molecule has 0 saturated carbocycles. The van der Waals surface area contributed by atoms with Crippen molar-refractivity contribution in [3.05, 3.63) is 82.5 Å². The normalized spacial score (nSPS) is 18.0. The smallest absolute Gasteiger partial charge is 0.247 e. The van der Waals surface area contributed by atoms with E-state index in [1.807, 2.05) is 60.7 Å². The Labute approximate surface area is 170 Å². The van der Waals surface area contributed by atoms with Crippen LogP contribution in [-0.4, -0.2) is 40.2 Å². The predicted molar refractivity (Wildman–Crippen MR) is 111 cm³/mol. The Bertz CT molecular complexity index is 1140. The number of sulfonamides is 1. The van der Waals surface area contributed by atoms with Crippen LogP contribution in [0.25, 0.3) is 5.69 Å². The summed E-state index contributed by atoms with van der Waals surface area (Å²) >= 11 is 0. The van der Waals surface area contributed by atoms with Crippen molar-refractivity contribution in [2.45, 2.75) is 24.5 Å². The summed E-state index contributed by atoms with van der Waals surface area (Å²) in [6, 6.07) is 18.6. The third-order valence-electron chi connectivity index (χ3n) is 5.30. The van der Waals surface area contributed by atoms with Crippen molar-refractivity contribution in [3.63, 3.8) is 0 Å². The highest BCUT2D eigenvalue weighted by Gasteiger charge is 2.33. The molecule has 1 atom stereocenters. The Morgan fingerprint density at radius 1 is 1.03 bits per heavy atom. The lowest BCUT2D eigenvalue weighted by molar-refractivity contribution is 0.306. The first kappa shape index (κ1) is 19.6. The Morgan fingerprint density at radius 2 is 1.69 bits per heavy atom. The fourth-order valence-electron chi connectivity index (χ4n) is 3.85. The third kappa shape index (κ3) is 4.04. The van der Waals surface area contributed by atoms with Gasteiger partial charge in [-0.25, -0.2) is 26.8 Å². The van der Waals surface area contributed by atoms with Crippen molar-refractivity contribution in [3.8, 4) is 5.69 Å². The predicted octanol–water partition coefficient (Wildman–Crippen LogP) is 2.28. The first-order valence-electron chi connectivity index (χ1n) is 9.69. The van der Waals surface area contributed by atoms with Gasteiger partial charge in [-0.3, -0.25) is 0 Å². The van der Waals surface area contributed by atoms with E-state index in [9.17, 15) is 13.2 Å². The topological polar surface area (TPSA) is 77.2 Å². The zero-order valence-corrected chi connectivity index (χ0v) is 17.1. The molecule has 29 heavy (non-hydrogen) atoms. The maximum atomic E-state index is 13.0. The number of hydrogen-bond donors (Lipinski definition) is 0. The van der Waals surface area contributed by atoms with Gasteiger partial charge < -0.3 is 0 Å². The molecule has 0 N–H and O–H groups in total. The number of benzene rings is 2. The van der Waals surface area contributed by atoms with Gasteiger partial charge in [-0.1, -0.05) is 48.5 Å². The van der Waals surface area contributed by atoms with Crippen LogP contribution in [-0.2, 0) is 22.8 Å². The van der Waals surface area contributed by atoms with Gasteiger partial charge in [0.15, 0.2) is 0 Å². The molecule has 2 heterocycles. The van der Waals surface area contributed by atoms with E-state index < -0.39 is 10.0 Å². The van der Waals surface area contributed by atoms with Crippen LogP contribution in [0, 0.1) is 0 Å². The Balaban J connectivity index is 1.63. The first-order chi connectivity index (χ1) is 14.0. The highest BCUT2D eigenvalue weighted by Crippen LogP contribution is 2.28. The molecule has 0 spiro atoms. The van der Waals surface area contributed by atoms with Crippen LogP contribution in [0.2, 0.25) is 0 Å². The maximum Gasteiger partial charge on any atom is 0.350 e. The summed E-state index contributed by atoms with van der Waals surface area (Å²) in [6.07, 6.45) is 1.53. The molecule has 2 aromatic carbocycles. The number of rotatable bonds is 5. The number of aromatic nitrogens is 3. The zero-order valence-electron chi connectivity index (χ0n) is 16.3. The van der Waals surface area contributed by atoms with Gasteiger partial charge in [-0.2, -0.15) is 5.10 Å². The molecular formula is C21H24N4O3S. The van der Waals surface area contributed by atoms with Crippen LogP contribution in [0.15, 0.2) is 65.5 Å². The highest BCUT2D eigenvalue weighted by molar-refractivity contribution is 7.88.